The Hall–Kier alpha value is -1.74. The van der Waals surface area contributed by atoms with Gasteiger partial charge in [-0.05, 0) is 30.4 Å². The Bertz CT molecular complexity index is 584. The standard InChI is InChI=1S/C16H23NO6Si/c1-20-14(18)16(15(19)21-2)11-13(12-9-7-6-8-10-12)22-17(16)23-24(3,4)5/h6-10,13H,11H2,1-5H3. The molecule has 1 unspecified atom stereocenters. The van der Waals surface area contributed by atoms with Gasteiger partial charge in [0.2, 0.25) is 8.32 Å². The lowest BCUT2D eigenvalue weighted by Gasteiger charge is -2.33. The maximum atomic E-state index is 12.5. The summed E-state index contributed by atoms with van der Waals surface area (Å²) < 4.78 is 15.6. The van der Waals surface area contributed by atoms with Crippen molar-refractivity contribution >= 4 is 20.3 Å². The number of methoxy groups -OCH3 is 2. The summed E-state index contributed by atoms with van der Waals surface area (Å²) in [4.78, 5) is 30.8. The normalized spacial score (nSPS) is 20.6. The third-order valence-corrected chi connectivity index (χ3v) is 4.30. The predicted octanol–water partition coefficient (Wildman–Crippen LogP) is 2.22. The summed E-state index contributed by atoms with van der Waals surface area (Å²) >= 11 is 0. The van der Waals surface area contributed by atoms with Gasteiger partial charge >= 0.3 is 11.9 Å². The topological polar surface area (TPSA) is 74.3 Å². The molecule has 132 valence electrons. The van der Waals surface area contributed by atoms with Crippen LogP contribution in [-0.2, 0) is 28.4 Å². The monoisotopic (exact) mass is 353 g/mol. The minimum absolute atomic E-state index is 0.0425. The smallest absolute Gasteiger partial charge is 0.343 e. The second-order valence-corrected chi connectivity index (χ2v) is 10.9. The van der Waals surface area contributed by atoms with Crippen LogP contribution in [0.2, 0.25) is 19.6 Å². The van der Waals surface area contributed by atoms with Crippen molar-refractivity contribution in [2.75, 3.05) is 14.2 Å². The Balaban J connectivity index is 2.46. The van der Waals surface area contributed by atoms with E-state index in [9.17, 15) is 9.59 Å². The number of benzene rings is 1. The second kappa shape index (κ2) is 7.02. The Kier molecular flexibility index (Phi) is 5.44. The molecule has 1 aliphatic rings. The number of hydrogen-bond donors (Lipinski definition) is 0. The lowest BCUT2D eigenvalue weighted by atomic mass is 9.91. The number of nitrogens with zero attached hydrogens (tertiary/aromatic N) is 1. The minimum Gasteiger partial charge on any atom is -0.467 e. The fourth-order valence-corrected chi connectivity index (χ4v) is 3.21. The zero-order chi connectivity index (χ0) is 18.0. The summed E-state index contributed by atoms with van der Waals surface area (Å²) in [5.74, 6) is -1.54. The molecule has 0 saturated carbocycles. The van der Waals surface area contributed by atoms with Crippen molar-refractivity contribution in [2.45, 2.75) is 37.7 Å². The second-order valence-electron chi connectivity index (χ2n) is 6.51. The first-order valence-electron chi connectivity index (χ1n) is 7.62. The van der Waals surface area contributed by atoms with Crippen LogP contribution in [0.4, 0.5) is 0 Å². The van der Waals surface area contributed by atoms with E-state index in [1.165, 1.54) is 14.2 Å². The largest absolute Gasteiger partial charge is 0.467 e. The Morgan fingerprint density at radius 2 is 1.67 bits per heavy atom. The zero-order valence-electron chi connectivity index (χ0n) is 14.6. The van der Waals surface area contributed by atoms with Crippen LogP contribution in [0.3, 0.4) is 0 Å². The fourth-order valence-electron chi connectivity index (χ4n) is 2.52. The van der Waals surface area contributed by atoms with E-state index in [1.54, 1.807) is 0 Å². The van der Waals surface area contributed by atoms with Gasteiger partial charge in [-0.15, -0.1) is 0 Å². The molecule has 1 saturated heterocycles. The number of carbonyl (C=O) groups excluding carboxylic acids is 2. The van der Waals surface area contributed by atoms with E-state index in [-0.39, 0.29) is 6.42 Å². The number of carbonyl (C=O) groups is 2. The van der Waals surface area contributed by atoms with Gasteiger partial charge in [0.15, 0.2) is 0 Å². The Labute approximate surface area is 142 Å². The van der Waals surface area contributed by atoms with Crippen LogP contribution in [0.15, 0.2) is 30.3 Å². The molecular formula is C16H23NO6Si. The van der Waals surface area contributed by atoms with Crippen LogP contribution in [0, 0.1) is 0 Å². The first-order chi connectivity index (χ1) is 11.2. The summed E-state index contributed by atoms with van der Waals surface area (Å²) in [5, 5.41) is 0.995. The average Bonchev–Trinajstić information content (AvgIpc) is 2.92. The highest BCUT2D eigenvalue weighted by molar-refractivity contribution is 6.69. The van der Waals surface area contributed by atoms with Crippen molar-refractivity contribution in [3.05, 3.63) is 35.9 Å². The molecule has 2 rings (SSSR count). The molecule has 1 aliphatic heterocycles. The first kappa shape index (κ1) is 18.6. The quantitative estimate of drug-likeness (QED) is 0.456. The molecule has 24 heavy (non-hydrogen) atoms. The molecule has 0 aliphatic carbocycles. The first-order valence-corrected chi connectivity index (χ1v) is 11.0. The Morgan fingerprint density at radius 1 is 1.12 bits per heavy atom. The molecule has 0 N–H and O–H groups in total. The SMILES string of the molecule is COC(=O)C1(C(=O)OC)CC(c2ccccc2)ON1O[Si](C)(C)C. The maximum Gasteiger partial charge on any atom is 0.343 e. The van der Waals surface area contributed by atoms with Crippen molar-refractivity contribution in [1.29, 1.82) is 0 Å². The molecule has 0 aromatic heterocycles. The lowest BCUT2D eigenvalue weighted by molar-refractivity contribution is -0.342. The van der Waals surface area contributed by atoms with Crippen LogP contribution in [0.25, 0.3) is 0 Å². The van der Waals surface area contributed by atoms with E-state index in [0.717, 1.165) is 10.8 Å². The highest BCUT2D eigenvalue weighted by Gasteiger charge is 2.63. The molecule has 1 fully saturated rings. The molecule has 1 aromatic rings. The number of hydroxylamine groups is 2. The maximum absolute atomic E-state index is 12.5. The van der Waals surface area contributed by atoms with Gasteiger partial charge in [-0.2, -0.15) is 0 Å². The van der Waals surface area contributed by atoms with Gasteiger partial charge in [0.05, 0.1) is 14.2 Å². The summed E-state index contributed by atoms with van der Waals surface area (Å²) in [6.07, 6.45) is -0.485. The van der Waals surface area contributed by atoms with Crippen LogP contribution in [-0.4, -0.2) is 45.2 Å². The van der Waals surface area contributed by atoms with Gasteiger partial charge in [-0.1, -0.05) is 30.3 Å². The average molecular weight is 353 g/mol. The lowest BCUT2D eigenvalue weighted by Crippen LogP contribution is -2.59. The third kappa shape index (κ3) is 3.51. The van der Waals surface area contributed by atoms with Crippen molar-refractivity contribution in [1.82, 2.24) is 5.23 Å². The van der Waals surface area contributed by atoms with Gasteiger partial charge in [0.1, 0.15) is 6.10 Å². The number of esters is 2. The van der Waals surface area contributed by atoms with E-state index in [4.69, 9.17) is 18.8 Å². The summed E-state index contributed by atoms with van der Waals surface area (Å²) in [6.45, 7) is 5.77. The van der Waals surface area contributed by atoms with Gasteiger partial charge in [0, 0.05) is 6.42 Å². The number of rotatable bonds is 5. The van der Waals surface area contributed by atoms with Crippen molar-refractivity contribution in [2.24, 2.45) is 0 Å². The van der Waals surface area contributed by atoms with E-state index >= 15 is 0 Å². The summed E-state index contributed by atoms with van der Waals surface area (Å²) in [6, 6.07) is 9.32. The van der Waals surface area contributed by atoms with Crippen LogP contribution >= 0.6 is 0 Å². The van der Waals surface area contributed by atoms with Crippen LogP contribution in [0.1, 0.15) is 18.1 Å². The molecule has 0 bridgehead atoms. The van der Waals surface area contributed by atoms with Gasteiger partial charge in [0.25, 0.3) is 5.54 Å². The van der Waals surface area contributed by atoms with Gasteiger partial charge in [-0.3, -0.25) is 4.84 Å². The molecule has 0 spiro atoms. The number of hydrogen-bond acceptors (Lipinski definition) is 7. The van der Waals surface area contributed by atoms with Crippen molar-refractivity contribution < 1.29 is 28.4 Å². The van der Waals surface area contributed by atoms with Crippen LogP contribution < -0.4 is 0 Å². The Morgan fingerprint density at radius 3 is 2.12 bits per heavy atom. The van der Waals surface area contributed by atoms with E-state index < -0.39 is 31.9 Å². The van der Waals surface area contributed by atoms with Gasteiger partial charge < -0.3 is 14.0 Å². The fraction of sp³-hybridized carbons (Fsp3) is 0.500. The highest BCUT2D eigenvalue weighted by Crippen LogP contribution is 2.43. The molecule has 1 aromatic carbocycles. The molecular weight excluding hydrogens is 330 g/mol. The van der Waals surface area contributed by atoms with Crippen LogP contribution in [0.5, 0.6) is 0 Å². The molecule has 1 atom stereocenters. The highest BCUT2D eigenvalue weighted by atomic mass is 28.4. The molecule has 8 heteroatoms. The molecule has 1 heterocycles. The molecule has 0 radical (unpaired) electrons. The molecule has 7 nitrogen and oxygen atoms in total. The zero-order valence-corrected chi connectivity index (χ0v) is 15.6. The van der Waals surface area contributed by atoms with Gasteiger partial charge in [-0.25, -0.2) is 9.59 Å². The summed E-state index contributed by atoms with van der Waals surface area (Å²) in [5.41, 5.74) is -0.957. The third-order valence-electron chi connectivity index (χ3n) is 3.59. The minimum atomic E-state index is -2.17. The van der Waals surface area contributed by atoms with E-state index in [1.807, 2.05) is 50.0 Å². The van der Waals surface area contributed by atoms with E-state index in [0.29, 0.717) is 0 Å². The van der Waals surface area contributed by atoms with Crippen molar-refractivity contribution in [3.63, 3.8) is 0 Å². The summed E-state index contributed by atoms with van der Waals surface area (Å²) in [7, 11) is 0.262. The van der Waals surface area contributed by atoms with Crippen molar-refractivity contribution in [3.8, 4) is 0 Å². The molecule has 0 amide bonds. The number of ether oxygens (including phenoxy) is 2. The van der Waals surface area contributed by atoms with E-state index in [2.05, 4.69) is 0 Å². The predicted molar refractivity (Wildman–Crippen MR) is 87.9 cm³/mol.